The van der Waals surface area contributed by atoms with Gasteiger partial charge in [0.1, 0.15) is 11.6 Å². The maximum absolute atomic E-state index is 12.2. The third-order valence-electron chi connectivity index (χ3n) is 3.80. The number of hydrogen-bond donors (Lipinski definition) is 0. The summed E-state index contributed by atoms with van der Waals surface area (Å²) in [5, 5.41) is 14.4. The number of alkyl halides is 3. The zero-order valence-corrected chi connectivity index (χ0v) is 21.4. The molecule has 1 aromatic heterocycles. The molecule has 0 aliphatic rings. The van der Waals surface area contributed by atoms with Crippen LogP contribution in [-0.4, -0.2) is 26.8 Å². The van der Waals surface area contributed by atoms with Crippen molar-refractivity contribution in [1.82, 2.24) is 14.8 Å². The molecule has 5 nitrogen and oxygen atoms in total. The zero-order chi connectivity index (χ0) is 21.0. The van der Waals surface area contributed by atoms with E-state index >= 15 is 0 Å². The van der Waals surface area contributed by atoms with Crippen molar-refractivity contribution >= 4 is 21.6 Å². The van der Waals surface area contributed by atoms with Crippen LogP contribution in [0.15, 0.2) is 59.1 Å². The smallest absolute Gasteiger partial charge is 0.904 e. The maximum Gasteiger partial charge on any atom is 2.00 e. The predicted octanol–water partition coefficient (Wildman–Crippen LogP) is 5.06. The zero-order valence-electron chi connectivity index (χ0n) is 15.6. The maximum atomic E-state index is 12.2. The Labute approximate surface area is 203 Å². The topological polar surface area (TPSA) is 62.2 Å². The van der Waals surface area contributed by atoms with E-state index in [1.807, 2.05) is 24.3 Å². The van der Waals surface area contributed by atoms with Crippen LogP contribution in [0.3, 0.4) is 0 Å². The third kappa shape index (κ3) is 7.11. The second-order valence-electron chi connectivity index (χ2n) is 6.02. The minimum atomic E-state index is -4.76. The standard InChI is InChI=1S/C20H14BrF3N4O.U/c1-13-26-19(27-28(13)12-14-3-2-4-16(21)11-14)10-9-18(25)15-5-7-17(8-6-15)29-20(22,23)24;/h2-9,11H,12H2,1H3;/q-2;+2. The van der Waals surface area contributed by atoms with Gasteiger partial charge in [-0.25, -0.2) is 21.8 Å². The van der Waals surface area contributed by atoms with E-state index in [1.54, 1.807) is 11.6 Å². The van der Waals surface area contributed by atoms with Gasteiger partial charge in [0.25, 0.3) is 0 Å². The van der Waals surface area contributed by atoms with Crippen molar-refractivity contribution in [3.63, 3.8) is 0 Å². The first-order valence-electron chi connectivity index (χ1n) is 8.37. The van der Waals surface area contributed by atoms with Crippen molar-refractivity contribution < 1.29 is 49.0 Å². The molecule has 0 bridgehead atoms. The van der Waals surface area contributed by atoms with Crippen LogP contribution < -0.4 is 4.74 Å². The molecule has 0 spiro atoms. The van der Waals surface area contributed by atoms with Crippen molar-refractivity contribution in [1.29, 1.82) is 0 Å². The Hall–Kier alpha value is -1.89. The summed E-state index contributed by atoms with van der Waals surface area (Å²) in [5.74, 6) is 0.584. The second kappa shape index (κ2) is 10.4. The quantitative estimate of drug-likeness (QED) is 0.267. The molecule has 30 heavy (non-hydrogen) atoms. The monoisotopic (exact) mass is 700 g/mol. The fraction of sp³-hybridized carbons (Fsp3) is 0.150. The van der Waals surface area contributed by atoms with Gasteiger partial charge in [-0.1, -0.05) is 40.2 Å². The number of hydrogen-bond acceptors (Lipinski definition) is 3. The molecular formula is C20H14BrF3N4OU. The van der Waals surface area contributed by atoms with Crippen LogP contribution in [0.2, 0.25) is 0 Å². The van der Waals surface area contributed by atoms with E-state index < -0.39 is 6.36 Å². The molecule has 0 unspecified atom stereocenters. The van der Waals surface area contributed by atoms with Crippen LogP contribution in [0.4, 0.5) is 13.2 Å². The SMILES string of the molecule is Cc1nc([C-]=CC(=[N-])c2ccc(OC(F)(F)F)cc2)nn1Cc1cccc(Br)c1.[U+2]. The van der Waals surface area contributed by atoms with Gasteiger partial charge < -0.3 is 15.9 Å². The molecule has 0 N–H and O–H groups in total. The van der Waals surface area contributed by atoms with Gasteiger partial charge in [0, 0.05) is 4.47 Å². The van der Waals surface area contributed by atoms with Gasteiger partial charge in [-0.3, -0.25) is 0 Å². The first-order valence-corrected chi connectivity index (χ1v) is 9.17. The van der Waals surface area contributed by atoms with E-state index in [2.05, 4.69) is 36.8 Å². The van der Waals surface area contributed by atoms with Crippen LogP contribution >= 0.6 is 15.9 Å². The fourth-order valence-corrected chi connectivity index (χ4v) is 2.93. The number of allylic oxidation sites excluding steroid dienone is 1. The number of ether oxygens (including phenoxy) is 1. The van der Waals surface area contributed by atoms with Gasteiger partial charge in [-0.15, -0.1) is 18.7 Å². The summed E-state index contributed by atoms with van der Waals surface area (Å²) in [4.78, 5) is 4.28. The van der Waals surface area contributed by atoms with Crippen LogP contribution in [-0.2, 0) is 6.54 Å². The minimum absolute atomic E-state index is 0. The number of aromatic nitrogens is 3. The normalized spacial score (nSPS) is 11.4. The summed E-state index contributed by atoms with van der Waals surface area (Å²) < 4.78 is 43.0. The Bertz CT molecular complexity index is 1050. The Kier molecular flexibility index (Phi) is 8.47. The van der Waals surface area contributed by atoms with Crippen molar-refractivity contribution in [2.24, 2.45) is 0 Å². The van der Waals surface area contributed by atoms with Gasteiger partial charge >= 0.3 is 37.5 Å². The minimum Gasteiger partial charge on any atom is -0.904 e. The van der Waals surface area contributed by atoms with Crippen LogP contribution in [0.1, 0.15) is 22.8 Å². The summed E-state index contributed by atoms with van der Waals surface area (Å²) in [6.45, 7) is 2.33. The summed E-state index contributed by atoms with van der Waals surface area (Å²) >= 11 is 3.42. The number of halogens is 4. The molecule has 2 aromatic carbocycles. The molecule has 0 fully saturated rings. The van der Waals surface area contributed by atoms with Gasteiger partial charge in [0.15, 0.2) is 0 Å². The van der Waals surface area contributed by atoms with Crippen LogP contribution in [0.5, 0.6) is 5.75 Å². The fourth-order valence-electron chi connectivity index (χ4n) is 2.48. The van der Waals surface area contributed by atoms with Crippen molar-refractivity contribution in [2.45, 2.75) is 19.8 Å². The Balaban J connectivity index is 0.00000320. The number of aryl methyl sites for hydroxylation is 1. The van der Waals surface area contributed by atoms with Crippen LogP contribution in [0, 0.1) is 44.1 Å². The summed E-state index contributed by atoms with van der Waals surface area (Å²) in [7, 11) is 0. The largest absolute Gasteiger partial charge is 2.00 e. The molecule has 0 aliphatic heterocycles. The average Bonchev–Trinajstić information content (AvgIpc) is 2.98. The van der Waals surface area contributed by atoms with Gasteiger partial charge in [0.05, 0.1) is 12.4 Å². The van der Waals surface area contributed by atoms with E-state index in [4.69, 9.17) is 0 Å². The molecule has 0 saturated heterocycles. The molecule has 10 heteroatoms. The van der Waals surface area contributed by atoms with Gasteiger partial charge in [-0.05, 0) is 36.8 Å². The van der Waals surface area contributed by atoms with E-state index in [9.17, 15) is 18.6 Å². The van der Waals surface area contributed by atoms with E-state index in [1.165, 1.54) is 18.2 Å². The average molecular weight is 701 g/mol. The van der Waals surface area contributed by atoms with Crippen LogP contribution in [0.25, 0.3) is 5.41 Å². The first-order chi connectivity index (χ1) is 13.7. The number of benzene rings is 2. The van der Waals surface area contributed by atoms with E-state index in [0.29, 0.717) is 17.9 Å². The molecule has 0 amide bonds. The van der Waals surface area contributed by atoms with E-state index in [-0.39, 0.29) is 48.4 Å². The second-order valence-corrected chi connectivity index (χ2v) is 6.93. The van der Waals surface area contributed by atoms with Gasteiger partial charge in [-0.2, -0.15) is 5.10 Å². The Morgan fingerprint density at radius 1 is 1.23 bits per heavy atom. The first kappa shape index (κ1) is 24.4. The Morgan fingerprint density at radius 3 is 2.57 bits per heavy atom. The summed E-state index contributed by atoms with van der Waals surface area (Å²) in [6, 6.07) is 12.6. The number of rotatable bonds is 6. The molecule has 0 atom stereocenters. The molecule has 3 rings (SSSR count). The Morgan fingerprint density at radius 2 is 1.93 bits per heavy atom. The molecule has 0 saturated carbocycles. The molecule has 152 valence electrons. The van der Waals surface area contributed by atoms with Gasteiger partial charge in [0.2, 0.25) is 0 Å². The van der Waals surface area contributed by atoms with Crippen molar-refractivity contribution in [3.8, 4) is 5.75 Å². The van der Waals surface area contributed by atoms with Crippen molar-refractivity contribution in [2.75, 3.05) is 0 Å². The van der Waals surface area contributed by atoms with Crippen molar-refractivity contribution in [3.05, 3.63) is 93.3 Å². The summed E-state index contributed by atoms with van der Waals surface area (Å²) in [5.41, 5.74) is 1.15. The number of nitrogens with zero attached hydrogens (tertiary/aromatic N) is 4. The molecule has 1 heterocycles. The molecule has 3 aromatic rings. The predicted molar refractivity (Wildman–Crippen MR) is 106 cm³/mol. The molecule has 0 aliphatic carbocycles. The molecule has 0 radical (unpaired) electrons. The molecular weight excluding hydrogens is 687 g/mol. The third-order valence-corrected chi connectivity index (χ3v) is 4.29. The summed E-state index contributed by atoms with van der Waals surface area (Å²) in [6.07, 6.45) is -0.724. The van der Waals surface area contributed by atoms with E-state index in [0.717, 1.165) is 22.2 Å².